The van der Waals surface area contributed by atoms with Gasteiger partial charge in [0.2, 0.25) is 5.56 Å². The SMILES string of the molecule is O=C(N[C@H]1CCCc2[nH]c(=O)ccc21)c1cc2c(F)cccc2[nH]1. The van der Waals surface area contributed by atoms with Gasteiger partial charge in [-0.05, 0) is 49.1 Å². The van der Waals surface area contributed by atoms with Gasteiger partial charge in [0, 0.05) is 22.7 Å². The predicted octanol–water partition coefficient (Wildman–Crippen LogP) is 2.80. The number of aromatic nitrogens is 2. The quantitative estimate of drug-likeness (QED) is 0.677. The third-order valence-electron chi connectivity index (χ3n) is 4.49. The Morgan fingerprint density at radius 3 is 2.92 bits per heavy atom. The minimum absolute atomic E-state index is 0.133. The zero-order chi connectivity index (χ0) is 16.7. The second-order valence-corrected chi connectivity index (χ2v) is 6.06. The highest BCUT2D eigenvalue weighted by molar-refractivity contribution is 5.98. The molecular weight excluding hydrogens is 309 g/mol. The van der Waals surface area contributed by atoms with Crippen molar-refractivity contribution in [2.24, 2.45) is 0 Å². The average molecular weight is 325 g/mol. The van der Waals surface area contributed by atoms with Crippen molar-refractivity contribution >= 4 is 16.8 Å². The minimum Gasteiger partial charge on any atom is -0.350 e. The van der Waals surface area contributed by atoms with E-state index in [1.807, 2.05) is 0 Å². The molecule has 0 saturated carbocycles. The number of fused-ring (bicyclic) bond motifs is 2. The Bertz CT molecular complexity index is 989. The predicted molar refractivity (Wildman–Crippen MR) is 88.5 cm³/mol. The number of benzene rings is 1. The van der Waals surface area contributed by atoms with E-state index in [1.54, 1.807) is 18.2 Å². The second-order valence-electron chi connectivity index (χ2n) is 6.06. The van der Waals surface area contributed by atoms with E-state index in [0.717, 1.165) is 30.5 Å². The smallest absolute Gasteiger partial charge is 0.268 e. The van der Waals surface area contributed by atoms with Crippen molar-refractivity contribution in [2.45, 2.75) is 25.3 Å². The molecule has 1 aliphatic carbocycles. The molecule has 3 aromatic rings. The van der Waals surface area contributed by atoms with Crippen molar-refractivity contribution in [3.63, 3.8) is 0 Å². The highest BCUT2D eigenvalue weighted by atomic mass is 19.1. The van der Waals surface area contributed by atoms with Crippen molar-refractivity contribution in [2.75, 3.05) is 0 Å². The summed E-state index contributed by atoms with van der Waals surface area (Å²) in [4.78, 5) is 29.8. The standard InChI is InChI=1S/C18H16FN3O2/c19-12-3-1-4-15-11(12)9-16(20-15)18(24)22-14-6-2-5-13-10(14)7-8-17(23)21-13/h1,3-4,7-9,14,20H,2,5-6H2,(H,21,23)(H,22,24)/t14-/m0/s1. The Balaban J connectivity index is 1.62. The molecule has 0 spiro atoms. The number of nitrogens with one attached hydrogen (secondary N) is 3. The molecule has 1 aromatic carbocycles. The number of halogens is 1. The Morgan fingerprint density at radius 1 is 1.21 bits per heavy atom. The fourth-order valence-electron chi connectivity index (χ4n) is 3.33. The van der Waals surface area contributed by atoms with Crippen molar-refractivity contribution in [1.82, 2.24) is 15.3 Å². The van der Waals surface area contributed by atoms with Gasteiger partial charge in [0.25, 0.3) is 5.91 Å². The van der Waals surface area contributed by atoms with E-state index in [1.165, 1.54) is 18.2 Å². The molecule has 6 heteroatoms. The maximum Gasteiger partial charge on any atom is 0.268 e. The first-order valence-electron chi connectivity index (χ1n) is 7.92. The number of aromatic amines is 2. The number of pyridine rings is 1. The largest absolute Gasteiger partial charge is 0.350 e. The van der Waals surface area contributed by atoms with E-state index in [2.05, 4.69) is 15.3 Å². The highest BCUT2D eigenvalue weighted by Gasteiger charge is 2.23. The molecule has 5 nitrogen and oxygen atoms in total. The van der Waals surface area contributed by atoms with Crippen LogP contribution < -0.4 is 10.9 Å². The van der Waals surface area contributed by atoms with Gasteiger partial charge in [-0.1, -0.05) is 6.07 Å². The summed E-state index contributed by atoms with van der Waals surface area (Å²) in [6.45, 7) is 0. The number of carbonyl (C=O) groups is 1. The summed E-state index contributed by atoms with van der Waals surface area (Å²) in [5.41, 5.74) is 2.60. The van der Waals surface area contributed by atoms with Crippen molar-refractivity contribution in [1.29, 1.82) is 0 Å². The van der Waals surface area contributed by atoms with Gasteiger partial charge >= 0.3 is 0 Å². The Hall–Kier alpha value is -2.89. The van der Waals surface area contributed by atoms with Crippen LogP contribution in [0.5, 0.6) is 0 Å². The fourth-order valence-corrected chi connectivity index (χ4v) is 3.33. The monoisotopic (exact) mass is 325 g/mol. The molecule has 1 aliphatic rings. The van der Waals surface area contributed by atoms with Crippen LogP contribution in [0.1, 0.15) is 40.6 Å². The molecule has 24 heavy (non-hydrogen) atoms. The van der Waals surface area contributed by atoms with Gasteiger partial charge in [-0.25, -0.2) is 4.39 Å². The van der Waals surface area contributed by atoms with E-state index in [9.17, 15) is 14.0 Å². The number of carbonyl (C=O) groups excluding carboxylic acids is 1. The van der Waals surface area contributed by atoms with Crippen LogP contribution >= 0.6 is 0 Å². The number of rotatable bonds is 2. The Labute approximate surface area is 136 Å². The van der Waals surface area contributed by atoms with Gasteiger partial charge in [0.15, 0.2) is 0 Å². The lowest BCUT2D eigenvalue weighted by atomic mass is 9.91. The first kappa shape index (κ1) is 14.7. The Morgan fingerprint density at radius 2 is 2.08 bits per heavy atom. The maximum absolute atomic E-state index is 13.8. The summed E-state index contributed by atoms with van der Waals surface area (Å²) < 4.78 is 13.8. The zero-order valence-corrected chi connectivity index (χ0v) is 12.9. The zero-order valence-electron chi connectivity index (χ0n) is 12.9. The summed E-state index contributed by atoms with van der Waals surface area (Å²) in [6, 6.07) is 9.31. The summed E-state index contributed by atoms with van der Waals surface area (Å²) >= 11 is 0. The van der Waals surface area contributed by atoms with Gasteiger partial charge in [-0.3, -0.25) is 9.59 Å². The third kappa shape index (κ3) is 2.50. The first-order valence-corrected chi connectivity index (χ1v) is 7.92. The maximum atomic E-state index is 13.8. The lowest BCUT2D eigenvalue weighted by Crippen LogP contribution is -2.32. The molecule has 1 atom stereocenters. The second kappa shape index (κ2) is 5.63. The summed E-state index contributed by atoms with van der Waals surface area (Å²) in [5.74, 6) is -0.641. The van der Waals surface area contributed by atoms with Crippen LogP contribution in [-0.2, 0) is 6.42 Å². The molecule has 0 fully saturated rings. The van der Waals surface area contributed by atoms with E-state index in [4.69, 9.17) is 0 Å². The average Bonchev–Trinajstić information content (AvgIpc) is 3.00. The lowest BCUT2D eigenvalue weighted by Gasteiger charge is -2.25. The molecule has 2 heterocycles. The first-order chi connectivity index (χ1) is 11.6. The van der Waals surface area contributed by atoms with Gasteiger partial charge in [0.05, 0.1) is 6.04 Å². The molecule has 0 radical (unpaired) electrons. The minimum atomic E-state index is -0.358. The topological polar surface area (TPSA) is 77.8 Å². The normalized spacial score (nSPS) is 16.8. The number of hydrogen-bond donors (Lipinski definition) is 3. The summed E-state index contributed by atoms with van der Waals surface area (Å²) in [7, 11) is 0. The van der Waals surface area contributed by atoms with Crippen molar-refractivity contribution < 1.29 is 9.18 Å². The summed E-state index contributed by atoms with van der Waals surface area (Å²) in [6.07, 6.45) is 2.49. The highest BCUT2D eigenvalue weighted by Crippen LogP contribution is 2.28. The summed E-state index contributed by atoms with van der Waals surface area (Å²) in [5, 5.41) is 3.38. The van der Waals surface area contributed by atoms with Gasteiger partial charge in [-0.2, -0.15) is 0 Å². The molecule has 0 bridgehead atoms. The Kier molecular flexibility index (Phi) is 3.45. The van der Waals surface area contributed by atoms with Crippen LogP contribution in [0, 0.1) is 5.82 Å². The molecule has 0 saturated heterocycles. The van der Waals surface area contributed by atoms with Crippen LogP contribution in [0.2, 0.25) is 0 Å². The van der Waals surface area contributed by atoms with E-state index < -0.39 is 0 Å². The molecule has 4 rings (SSSR count). The van der Waals surface area contributed by atoms with Crippen LogP contribution in [0.25, 0.3) is 10.9 Å². The van der Waals surface area contributed by atoms with E-state index in [-0.39, 0.29) is 23.3 Å². The van der Waals surface area contributed by atoms with Gasteiger partial charge in [0.1, 0.15) is 11.5 Å². The van der Waals surface area contributed by atoms with E-state index >= 15 is 0 Å². The van der Waals surface area contributed by atoms with Crippen LogP contribution in [-0.4, -0.2) is 15.9 Å². The van der Waals surface area contributed by atoms with Gasteiger partial charge in [-0.15, -0.1) is 0 Å². The van der Waals surface area contributed by atoms with Gasteiger partial charge < -0.3 is 15.3 Å². The number of H-pyrrole nitrogens is 2. The molecule has 2 aromatic heterocycles. The van der Waals surface area contributed by atoms with Crippen molar-refractivity contribution in [3.8, 4) is 0 Å². The molecule has 122 valence electrons. The number of hydrogen-bond acceptors (Lipinski definition) is 2. The van der Waals surface area contributed by atoms with Crippen LogP contribution in [0.4, 0.5) is 4.39 Å². The number of aryl methyl sites for hydroxylation is 1. The lowest BCUT2D eigenvalue weighted by molar-refractivity contribution is 0.0928. The molecule has 0 unspecified atom stereocenters. The van der Waals surface area contributed by atoms with Crippen LogP contribution in [0.15, 0.2) is 41.2 Å². The number of amides is 1. The fraction of sp³-hybridized carbons (Fsp3) is 0.222. The molecule has 3 N–H and O–H groups in total. The van der Waals surface area contributed by atoms with Crippen LogP contribution in [0.3, 0.4) is 0 Å². The third-order valence-corrected chi connectivity index (χ3v) is 4.49. The molecule has 0 aliphatic heterocycles. The van der Waals surface area contributed by atoms with Crippen molar-refractivity contribution in [3.05, 3.63) is 69.5 Å². The molecular formula is C18H16FN3O2. The molecule has 1 amide bonds. The van der Waals surface area contributed by atoms with E-state index in [0.29, 0.717) is 16.6 Å².